The molecule has 0 fully saturated rings. The third kappa shape index (κ3) is 4.59. The molecule has 0 heterocycles. The van der Waals surface area contributed by atoms with E-state index in [-0.39, 0.29) is 23.3 Å². The summed E-state index contributed by atoms with van der Waals surface area (Å²) in [5.41, 5.74) is 1.13. The minimum absolute atomic E-state index is 0.0849. The van der Waals surface area contributed by atoms with E-state index in [1.54, 1.807) is 19.1 Å². The third-order valence-electron chi connectivity index (χ3n) is 3.04. The normalized spacial score (nSPS) is 11.9. The first-order valence-electron chi connectivity index (χ1n) is 6.64. The smallest absolute Gasteiger partial charge is 0.336 e. The van der Waals surface area contributed by atoms with Gasteiger partial charge >= 0.3 is 5.97 Å². The number of benzene rings is 1. The van der Waals surface area contributed by atoms with Gasteiger partial charge in [0.1, 0.15) is 6.04 Å². The number of carbonyl (C=O) groups is 3. The highest BCUT2D eigenvalue weighted by atomic mass is 16.4. The highest BCUT2D eigenvalue weighted by molar-refractivity contribution is 5.98. The number of aromatic carboxylic acids is 1. The zero-order valence-corrected chi connectivity index (χ0v) is 12.6. The van der Waals surface area contributed by atoms with Crippen molar-refractivity contribution < 1.29 is 19.5 Å². The molecule has 0 radical (unpaired) electrons. The average molecular weight is 292 g/mol. The van der Waals surface area contributed by atoms with Gasteiger partial charge in [0.15, 0.2) is 0 Å². The Morgan fingerprint density at radius 3 is 2.29 bits per heavy atom. The van der Waals surface area contributed by atoms with Crippen molar-refractivity contribution in [3.63, 3.8) is 0 Å². The van der Waals surface area contributed by atoms with Crippen LogP contribution < -0.4 is 10.6 Å². The molecule has 2 amide bonds. The number of hydrogen-bond donors (Lipinski definition) is 3. The van der Waals surface area contributed by atoms with Gasteiger partial charge in [0.25, 0.3) is 0 Å². The second-order valence-corrected chi connectivity index (χ2v) is 5.25. The number of aryl methyl sites for hydroxylation is 1. The Morgan fingerprint density at radius 2 is 1.81 bits per heavy atom. The standard InChI is InChI=1S/C15H20N2O4/c1-8(2)13(16-10(4)18)14(19)17-11-6-5-9(3)12(7-11)15(20)21/h5-8,13H,1-4H3,(H,16,18)(H,17,19)(H,20,21). The van der Waals surface area contributed by atoms with Crippen LogP contribution in [0.3, 0.4) is 0 Å². The summed E-state index contributed by atoms with van der Waals surface area (Å²) < 4.78 is 0. The van der Waals surface area contributed by atoms with Crippen LogP contribution in [0.4, 0.5) is 5.69 Å². The number of carboxylic acids is 1. The number of amides is 2. The first-order valence-corrected chi connectivity index (χ1v) is 6.64. The van der Waals surface area contributed by atoms with Gasteiger partial charge in [-0.1, -0.05) is 19.9 Å². The first-order chi connectivity index (χ1) is 9.72. The molecule has 1 atom stereocenters. The predicted octanol–water partition coefficient (Wildman–Crippen LogP) is 1.79. The summed E-state index contributed by atoms with van der Waals surface area (Å²) in [5, 5.41) is 14.3. The Kier molecular flexibility index (Phi) is 5.46. The minimum atomic E-state index is -1.05. The van der Waals surface area contributed by atoms with E-state index in [9.17, 15) is 14.4 Å². The summed E-state index contributed by atoms with van der Waals surface area (Å²) in [7, 11) is 0. The minimum Gasteiger partial charge on any atom is -0.478 e. The lowest BCUT2D eigenvalue weighted by molar-refractivity contribution is -0.126. The van der Waals surface area contributed by atoms with Gasteiger partial charge in [-0.05, 0) is 30.5 Å². The Balaban J connectivity index is 2.93. The fourth-order valence-corrected chi connectivity index (χ4v) is 1.90. The Morgan fingerprint density at radius 1 is 1.19 bits per heavy atom. The summed E-state index contributed by atoms with van der Waals surface area (Å²) in [5.74, 6) is -1.80. The van der Waals surface area contributed by atoms with Gasteiger partial charge in [-0.3, -0.25) is 9.59 Å². The van der Waals surface area contributed by atoms with Crippen LogP contribution in [0.2, 0.25) is 0 Å². The van der Waals surface area contributed by atoms with Crippen molar-refractivity contribution in [1.82, 2.24) is 5.32 Å². The molecule has 1 aromatic carbocycles. The second-order valence-electron chi connectivity index (χ2n) is 5.25. The van der Waals surface area contributed by atoms with Crippen LogP contribution in [-0.2, 0) is 9.59 Å². The van der Waals surface area contributed by atoms with E-state index in [1.165, 1.54) is 13.0 Å². The van der Waals surface area contributed by atoms with Crippen molar-refractivity contribution in [3.8, 4) is 0 Å². The lowest BCUT2D eigenvalue weighted by Gasteiger charge is -2.21. The van der Waals surface area contributed by atoms with Crippen molar-refractivity contribution in [3.05, 3.63) is 29.3 Å². The van der Waals surface area contributed by atoms with Crippen molar-refractivity contribution >= 4 is 23.5 Å². The third-order valence-corrected chi connectivity index (χ3v) is 3.04. The quantitative estimate of drug-likeness (QED) is 0.771. The van der Waals surface area contributed by atoms with Gasteiger partial charge in [-0.15, -0.1) is 0 Å². The van der Waals surface area contributed by atoms with E-state index >= 15 is 0 Å². The average Bonchev–Trinajstić information content (AvgIpc) is 2.37. The van der Waals surface area contributed by atoms with Crippen LogP contribution in [0.25, 0.3) is 0 Å². The Bertz CT molecular complexity index is 567. The van der Waals surface area contributed by atoms with Crippen molar-refractivity contribution in [1.29, 1.82) is 0 Å². The number of carbonyl (C=O) groups excluding carboxylic acids is 2. The zero-order chi connectivity index (χ0) is 16.2. The van der Waals surface area contributed by atoms with Crippen molar-refractivity contribution in [2.45, 2.75) is 33.7 Å². The van der Waals surface area contributed by atoms with Gasteiger partial charge in [0, 0.05) is 12.6 Å². The van der Waals surface area contributed by atoms with Crippen LogP contribution in [0.15, 0.2) is 18.2 Å². The first kappa shape index (κ1) is 16.7. The van der Waals surface area contributed by atoms with Crippen LogP contribution in [-0.4, -0.2) is 28.9 Å². The van der Waals surface area contributed by atoms with E-state index in [4.69, 9.17) is 5.11 Å². The van der Waals surface area contributed by atoms with Crippen LogP contribution >= 0.6 is 0 Å². The molecule has 3 N–H and O–H groups in total. The molecule has 0 saturated heterocycles. The number of nitrogens with one attached hydrogen (secondary N) is 2. The summed E-state index contributed by atoms with van der Waals surface area (Å²) in [6.45, 7) is 6.66. The SMILES string of the molecule is CC(=O)NC(C(=O)Nc1ccc(C)c(C(=O)O)c1)C(C)C. The summed E-state index contributed by atoms with van der Waals surface area (Å²) in [6, 6.07) is 3.99. The lowest BCUT2D eigenvalue weighted by Crippen LogP contribution is -2.46. The van der Waals surface area contributed by atoms with E-state index in [2.05, 4.69) is 10.6 Å². The highest BCUT2D eigenvalue weighted by Crippen LogP contribution is 2.16. The van der Waals surface area contributed by atoms with Crippen LogP contribution in [0.1, 0.15) is 36.7 Å². The molecule has 21 heavy (non-hydrogen) atoms. The fraction of sp³-hybridized carbons (Fsp3) is 0.400. The van der Waals surface area contributed by atoms with Gasteiger partial charge < -0.3 is 15.7 Å². The summed E-state index contributed by atoms with van der Waals surface area (Å²) in [4.78, 5) is 34.4. The molecule has 0 spiro atoms. The Labute approximate surface area is 123 Å². The van der Waals surface area contributed by atoms with Gasteiger partial charge in [-0.2, -0.15) is 0 Å². The number of carboxylic acid groups (broad SMARTS) is 1. The van der Waals surface area contributed by atoms with E-state index < -0.39 is 12.0 Å². The summed E-state index contributed by atoms with van der Waals surface area (Å²) in [6.07, 6.45) is 0. The fourth-order valence-electron chi connectivity index (χ4n) is 1.90. The lowest BCUT2D eigenvalue weighted by atomic mass is 10.0. The van der Waals surface area contributed by atoms with Gasteiger partial charge in [-0.25, -0.2) is 4.79 Å². The molecule has 114 valence electrons. The Hall–Kier alpha value is -2.37. The maximum Gasteiger partial charge on any atom is 0.336 e. The molecule has 0 aliphatic rings. The molecule has 6 heteroatoms. The maximum atomic E-state index is 12.2. The molecule has 1 aromatic rings. The van der Waals surface area contributed by atoms with Crippen LogP contribution in [0, 0.1) is 12.8 Å². The predicted molar refractivity (Wildman–Crippen MR) is 79.2 cm³/mol. The monoisotopic (exact) mass is 292 g/mol. The zero-order valence-electron chi connectivity index (χ0n) is 12.6. The maximum absolute atomic E-state index is 12.2. The number of hydrogen-bond acceptors (Lipinski definition) is 3. The molecule has 0 saturated carbocycles. The molecule has 1 unspecified atom stereocenters. The van der Waals surface area contributed by atoms with Crippen molar-refractivity contribution in [2.75, 3.05) is 5.32 Å². The molecule has 0 aliphatic carbocycles. The molecular weight excluding hydrogens is 272 g/mol. The van der Waals surface area contributed by atoms with E-state index in [0.29, 0.717) is 11.3 Å². The molecular formula is C15H20N2O4. The highest BCUT2D eigenvalue weighted by Gasteiger charge is 2.23. The molecule has 0 aliphatic heterocycles. The number of rotatable bonds is 5. The van der Waals surface area contributed by atoms with E-state index in [0.717, 1.165) is 0 Å². The van der Waals surface area contributed by atoms with E-state index in [1.807, 2.05) is 13.8 Å². The van der Waals surface area contributed by atoms with Gasteiger partial charge in [0.2, 0.25) is 11.8 Å². The molecule has 6 nitrogen and oxygen atoms in total. The van der Waals surface area contributed by atoms with Gasteiger partial charge in [0.05, 0.1) is 5.56 Å². The topological polar surface area (TPSA) is 95.5 Å². The molecule has 1 rings (SSSR count). The molecule has 0 bridgehead atoms. The van der Waals surface area contributed by atoms with Crippen molar-refractivity contribution in [2.24, 2.45) is 5.92 Å². The summed E-state index contributed by atoms with van der Waals surface area (Å²) >= 11 is 0. The van der Waals surface area contributed by atoms with Crippen LogP contribution in [0.5, 0.6) is 0 Å². The second kappa shape index (κ2) is 6.88. The number of anilines is 1. The largest absolute Gasteiger partial charge is 0.478 e. The molecule has 0 aromatic heterocycles.